The molecule has 0 radical (unpaired) electrons. The van der Waals surface area contributed by atoms with Crippen LogP contribution in [0.2, 0.25) is 0 Å². The van der Waals surface area contributed by atoms with Crippen LogP contribution in [0.4, 0.5) is 0 Å². The van der Waals surface area contributed by atoms with E-state index in [0.717, 1.165) is 5.56 Å². The first-order valence-electron chi connectivity index (χ1n) is 6.82. The van der Waals surface area contributed by atoms with Gasteiger partial charge in [-0.3, -0.25) is 4.79 Å². The van der Waals surface area contributed by atoms with Crippen LogP contribution in [0.25, 0.3) is 0 Å². The van der Waals surface area contributed by atoms with Crippen LogP contribution in [0.3, 0.4) is 0 Å². The van der Waals surface area contributed by atoms with E-state index in [9.17, 15) is 14.7 Å². The maximum absolute atomic E-state index is 12.3. The minimum Gasteiger partial charge on any atom is -0.496 e. The Morgan fingerprint density at radius 1 is 1.29 bits per heavy atom. The van der Waals surface area contributed by atoms with Crippen molar-refractivity contribution in [2.75, 3.05) is 20.2 Å². The molecular weight excluding hydrogens is 274 g/mol. The molecule has 0 aliphatic carbocycles. The number of ether oxygens (including phenoxy) is 1. The topological polar surface area (TPSA) is 87.1 Å². The second kappa shape index (κ2) is 6.13. The lowest BCUT2D eigenvalue weighted by atomic mass is 9.91. The Balaban J connectivity index is 1.98. The maximum atomic E-state index is 12.3. The molecule has 6 nitrogen and oxygen atoms in total. The van der Waals surface area contributed by atoms with E-state index < -0.39 is 11.6 Å². The van der Waals surface area contributed by atoms with Gasteiger partial charge in [0.05, 0.1) is 13.5 Å². The highest BCUT2D eigenvalue weighted by Crippen LogP contribution is 2.24. The zero-order valence-electron chi connectivity index (χ0n) is 11.9. The first kappa shape index (κ1) is 15.3. The first-order chi connectivity index (χ1) is 9.96. The molecule has 0 atom stereocenters. The number of nitrogens with zero attached hydrogens (tertiary/aromatic N) is 1. The van der Waals surface area contributed by atoms with Crippen LogP contribution in [0, 0.1) is 0 Å². The summed E-state index contributed by atoms with van der Waals surface area (Å²) in [6.45, 7) is 0.494. The van der Waals surface area contributed by atoms with Gasteiger partial charge in [-0.1, -0.05) is 18.2 Å². The number of aliphatic carboxylic acids is 1. The molecule has 2 rings (SSSR count). The van der Waals surface area contributed by atoms with Crippen molar-refractivity contribution in [2.45, 2.75) is 24.9 Å². The number of para-hydroxylation sites is 1. The average molecular weight is 293 g/mol. The van der Waals surface area contributed by atoms with Crippen LogP contribution in [0.5, 0.6) is 5.75 Å². The van der Waals surface area contributed by atoms with E-state index in [1.54, 1.807) is 18.1 Å². The minimum absolute atomic E-state index is 0.0556. The summed E-state index contributed by atoms with van der Waals surface area (Å²) in [5.74, 6) is -0.656. The fourth-order valence-electron chi connectivity index (χ4n) is 2.46. The smallest absolute Gasteiger partial charge is 0.335 e. The van der Waals surface area contributed by atoms with Crippen LogP contribution < -0.4 is 4.74 Å². The van der Waals surface area contributed by atoms with E-state index in [2.05, 4.69) is 0 Å². The lowest BCUT2D eigenvalue weighted by molar-refractivity contribution is -0.165. The molecule has 1 amide bonds. The van der Waals surface area contributed by atoms with Gasteiger partial charge in [0.1, 0.15) is 5.75 Å². The van der Waals surface area contributed by atoms with Crippen molar-refractivity contribution in [2.24, 2.45) is 0 Å². The molecule has 6 heteroatoms. The molecule has 21 heavy (non-hydrogen) atoms. The Labute approximate surface area is 122 Å². The van der Waals surface area contributed by atoms with Crippen molar-refractivity contribution < 1.29 is 24.5 Å². The Hall–Kier alpha value is -2.08. The van der Waals surface area contributed by atoms with Crippen LogP contribution in [-0.2, 0) is 16.0 Å². The van der Waals surface area contributed by atoms with Crippen molar-refractivity contribution in [3.63, 3.8) is 0 Å². The number of hydrogen-bond acceptors (Lipinski definition) is 4. The fraction of sp³-hybridized carbons (Fsp3) is 0.467. The summed E-state index contributed by atoms with van der Waals surface area (Å²) in [5.41, 5.74) is -0.912. The third kappa shape index (κ3) is 3.33. The summed E-state index contributed by atoms with van der Waals surface area (Å²) in [6.07, 6.45) is 0.315. The molecular formula is C15H19NO5. The number of rotatable bonds is 4. The second-order valence-electron chi connectivity index (χ2n) is 5.21. The highest BCUT2D eigenvalue weighted by molar-refractivity contribution is 5.81. The van der Waals surface area contributed by atoms with Gasteiger partial charge in [0.2, 0.25) is 5.91 Å². The van der Waals surface area contributed by atoms with Gasteiger partial charge in [-0.25, -0.2) is 4.79 Å². The number of benzene rings is 1. The van der Waals surface area contributed by atoms with Crippen molar-refractivity contribution in [3.05, 3.63) is 29.8 Å². The number of carbonyl (C=O) groups is 2. The molecule has 1 heterocycles. The number of methoxy groups -OCH3 is 1. The second-order valence-corrected chi connectivity index (χ2v) is 5.21. The molecule has 0 spiro atoms. The molecule has 1 aromatic carbocycles. The van der Waals surface area contributed by atoms with Gasteiger partial charge in [-0.05, 0) is 6.07 Å². The average Bonchev–Trinajstić information content (AvgIpc) is 2.48. The molecule has 0 aromatic heterocycles. The van der Waals surface area contributed by atoms with Crippen LogP contribution in [0.1, 0.15) is 18.4 Å². The van der Waals surface area contributed by atoms with E-state index in [-0.39, 0.29) is 38.3 Å². The van der Waals surface area contributed by atoms with Gasteiger partial charge in [0.25, 0.3) is 0 Å². The summed E-state index contributed by atoms with van der Waals surface area (Å²) in [6, 6.07) is 7.29. The quantitative estimate of drug-likeness (QED) is 0.852. The SMILES string of the molecule is COc1ccccc1CC(=O)N1CCC(O)(C(=O)O)CC1. The molecule has 2 N–H and O–H groups in total. The van der Waals surface area contributed by atoms with E-state index in [0.29, 0.717) is 5.75 Å². The van der Waals surface area contributed by atoms with E-state index in [1.165, 1.54) is 0 Å². The highest BCUT2D eigenvalue weighted by atomic mass is 16.5. The minimum atomic E-state index is -1.71. The number of hydrogen-bond donors (Lipinski definition) is 2. The standard InChI is InChI=1S/C15H19NO5/c1-21-12-5-3-2-4-11(12)10-13(17)16-8-6-15(20,7-9-16)14(18)19/h2-5,20H,6-10H2,1H3,(H,18,19). The number of likely N-dealkylation sites (tertiary alicyclic amines) is 1. The Morgan fingerprint density at radius 3 is 2.48 bits per heavy atom. The first-order valence-corrected chi connectivity index (χ1v) is 6.82. The van der Waals surface area contributed by atoms with Gasteiger partial charge in [-0.2, -0.15) is 0 Å². The Kier molecular flexibility index (Phi) is 4.47. The number of carboxylic acids is 1. The highest BCUT2D eigenvalue weighted by Gasteiger charge is 2.40. The Bertz CT molecular complexity index is 535. The van der Waals surface area contributed by atoms with Gasteiger partial charge < -0.3 is 19.8 Å². The maximum Gasteiger partial charge on any atom is 0.335 e. The van der Waals surface area contributed by atoms with Gasteiger partial charge in [0, 0.05) is 31.5 Å². The molecule has 1 aliphatic rings. The number of amides is 1. The third-order valence-corrected chi connectivity index (χ3v) is 3.88. The number of carboxylic acid groups (broad SMARTS) is 1. The Morgan fingerprint density at radius 2 is 1.90 bits per heavy atom. The van der Waals surface area contributed by atoms with E-state index >= 15 is 0 Å². The molecule has 1 saturated heterocycles. The van der Waals surface area contributed by atoms with Crippen LogP contribution >= 0.6 is 0 Å². The zero-order valence-corrected chi connectivity index (χ0v) is 11.9. The van der Waals surface area contributed by atoms with Crippen LogP contribution in [0.15, 0.2) is 24.3 Å². The van der Waals surface area contributed by atoms with Gasteiger partial charge in [0.15, 0.2) is 5.60 Å². The lowest BCUT2D eigenvalue weighted by Crippen LogP contribution is -2.51. The summed E-state index contributed by atoms with van der Waals surface area (Å²) >= 11 is 0. The normalized spacial score (nSPS) is 17.3. The van der Waals surface area contributed by atoms with E-state index in [4.69, 9.17) is 9.84 Å². The zero-order chi connectivity index (χ0) is 15.5. The number of aliphatic hydroxyl groups is 1. The summed E-state index contributed by atoms with van der Waals surface area (Å²) in [5, 5.41) is 18.8. The molecule has 0 saturated carbocycles. The third-order valence-electron chi connectivity index (χ3n) is 3.88. The molecule has 1 fully saturated rings. The number of piperidine rings is 1. The van der Waals surface area contributed by atoms with E-state index in [1.807, 2.05) is 18.2 Å². The monoisotopic (exact) mass is 293 g/mol. The molecule has 0 bridgehead atoms. The van der Waals surface area contributed by atoms with Crippen molar-refractivity contribution >= 4 is 11.9 Å². The molecule has 1 aromatic rings. The van der Waals surface area contributed by atoms with Crippen LogP contribution in [-0.4, -0.2) is 52.8 Å². The largest absolute Gasteiger partial charge is 0.496 e. The summed E-state index contributed by atoms with van der Waals surface area (Å²) in [4.78, 5) is 24.8. The van der Waals surface area contributed by atoms with Gasteiger partial charge >= 0.3 is 5.97 Å². The summed E-state index contributed by atoms with van der Waals surface area (Å²) in [7, 11) is 1.55. The van der Waals surface area contributed by atoms with Gasteiger partial charge in [-0.15, -0.1) is 0 Å². The van der Waals surface area contributed by atoms with Crippen molar-refractivity contribution in [1.29, 1.82) is 0 Å². The number of carbonyl (C=O) groups excluding carboxylic acids is 1. The predicted molar refractivity (Wildman–Crippen MR) is 75.1 cm³/mol. The van der Waals surface area contributed by atoms with Crippen molar-refractivity contribution in [3.8, 4) is 5.75 Å². The summed E-state index contributed by atoms with van der Waals surface area (Å²) < 4.78 is 5.21. The fourth-order valence-corrected chi connectivity index (χ4v) is 2.46. The lowest BCUT2D eigenvalue weighted by Gasteiger charge is -2.35. The van der Waals surface area contributed by atoms with Crippen molar-refractivity contribution in [1.82, 2.24) is 4.90 Å². The predicted octanol–water partition coefficient (Wildman–Crippen LogP) is 0.676. The molecule has 0 unspecified atom stereocenters. The molecule has 1 aliphatic heterocycles. The molecule has 114 valence electrons.